The second-order valence-corrected chi connectivity index (χ2v) is 6.37. The number of piperazine rings is 1. The van der Waals surface area contributed by atoms with E-state index >= 15 is 0 Å². The van der Waals surface area contributed by atoms with Crippen molar-refractivity contribution < 1.29 is 23.9 Å². The monoisotopic (exact) mass is 398 g/mol. The van der Waals surface area contributed by atoms with Gasteiger partial charge in [0.25, 0.3) is 0 Å². The van der Waals surface area contributed by atoms with Gasteiger partial charge in [-0.15, -0.1) is 0 Å². The number of ether oxygens (including phenoxy) is 2. The minimum atomic E-state index is -0.616. The highest BCUT2D eigenvalue weighted by Crippen LogP contribution is 2.19. The van der Waals surface area contributed by atoms with E-state index in [0.29, 0.717) is 31.9 Å². The number of methoxy groups -OCH3 is 2. The largest absolute Gasteiger partial charge is 0.465 e. The maximum absolute atomic E-state index is 12.7. The van der Waals surface area contributed by atoms with Crippen molar-refractivity contribution in [2.45, 2.75) is 0 Å². The number of carbonyl (C=O) groups excluding carboxylic acids is 3. The van der Waals surface area contributed by atoms with Gasteiger partial charge in [0.1, 0.15) is 5.82 Å². The van der Waals surface area contributed by atoms with E-state index < -0.39 is 11.9 Å². The molecule has 1 N–H and O–H groups in total. The van der Waals surface area contributed by atoms with Crippen LogP contribution in [0, 0.1) is 0 Å². The highest BCUT2D eigenvalue weighted by molar-refractivity contribution is 5.99. The van der Waals surface area contributed by atoms with Crippen LogP contribution in [0.4, 0.5) is 16.3 Å². The summed E-state index contributed by atoms with van der Waals surface area (Å²) >= 11 is 0. The first-order valence-electron chi connectivity index (χ1n) is 9.05. The van der Waals surface area contributed by atoms with Gasteiger partial charge in [-0.3, -0.25) is 0 Å². The molecule has 0 saturated carbocycles. The molecule has 1 fully saturated rings. The van der Waals surface area contributed by atoms with Crippen molar-refractivity contribution in [2.24, 2.45) is 0 Å². The average Bonchev–Trinajstić information content (AvgIpc) is 2.78. The van der Waals surface area contributed by atoms with Gasteiger partial charge >= 0.3 is 18.0 Å². The van der Waals surface area contributed by atoms with Crippen LogP contribution in [0.5, 0.6) is 0 Å². The van der Waals surface area contributed by atoms with Crippen molar-refractivity contribution >= 4 is 29.5 Å². The Morgan fingerprint density at radius 2 is 1.55 bits per heavy atom. The number of rotatable bonds is 4. The molecule has 2 aromatic rings. The number of esters is 2. The van der Waals surface area contributed by atoms with Gasteiger partial charge in [-0.2, -0.15) is 0 Å². The summed E-state index contributed by atoms with van der Waals surface area (Å²) in [5.74, 6) is -0.355. The molecule has 1 aliphatic rings. The van der Waals surface area contributed by atoms with Gasteiger partial charge < -0.3 is 24.6 Å². The van der Waals surface area contributed by atoms with Gasteiger partial charge in [-0.25, -0.2) is 19.4 Å². The highest BCUT2D eigenvalue weighted by Gasteiger charge is 2.23. The fourth-order valence-electron chi connectivity index (χ4n) is 3.05. The van der Waals surface area contributed by atoms with E-state index in [-0.39, 0.29) is 17.2 Å². The molecule has 1 aliphatic heterocycles. The molecule has 2 amide bonds. The van der Waals surface area contributed by atoms with Crippen LogP contribution in [0.1, 0.15) is 20.7 Å². The Labute approximate surface area is 168 Å². The average molecular weight is 398 g/mol. The Balaban J connectivity index is 1.68. The Morgan fingerprint density at radius 1 is 0.931 bits per heavy atom. The number of benzene rings is 1. The minimum Gasteiger partial charge on any atom is -0.465 e. The van der Waals surface area contributed by atoms with Crippen molar-refractivity contribution in [1.29, 1.82) is 0 Å². The van der Waals surface area contributed by atoms with Crippen LogP contribution in [0.2, 0.25) is 0 Å². The van der Waals surface area contributed by atoms with Crippen LogP contribution in [0.25, 0.3) is 0 Å². The number of aromatic nitrogens is 1. The zero-order valence-electron chi connectivity index (χ0n) is 16.3. The Bertz CT molecular complexity index is 861. The van der Waals surface area contributed by atoms with Crippen molar-refractivity contribution in [3.8, 4) is 0 Å². The summed E-state index contributed by atoms with van der Waals surface area (Å²) in [6.07, 6.45) is 1.74. The number of urea groups is 1. The van der Waals surface area contributed by atoms with Crippen LogP contribution in [0.3, 0.4) is 0 Å². The molecule has 0 aliphatic carbocycles. The normalized spacial score (nSPS) is 13.6. The minimum absolute atomic E-state index is 0.144. The summed E-state index contributed by atoms with van der Waals surface area (Å²) in [6.45, 7) is 2.34. The van der Waals surface area contributed by atoms with Crippen molar-refractivity contribution in [1.82, 2.24) is 9.88 Å². The topological polar surface area (TPSA) is 101 Å². The number of hydrogen-bond acceptors (Lipinski definition) is 7. The highest BCUT2D eigenvalue weighted by atomic mass is 16.5. The Kier molecular flexibility index (Phi) is 6.28. The van der Waals surface area contributed by atoms with Gasteiger partial charge in [0, 0.05) is 38.1 Å². The number of amides is 2. The number of nitrogens with zero attached hydrogens (tertiary/aromatic N) is 3. The second kappa shape index (κ2) is 9.05. The molecule has 9 heteroatoms. The lowest BCUT2D eigenvalue weighted by Crippen LogP contribution is -2.50. The Hall–Kier alpha value is -3.62. The maximum atomic E-state index is 12.7. The van der Waals surface area contributed by atoms with Crippen LogP contribution >= 0.6 is 0 Å². The van der Waals surface area contributed by atoms with Gasteiger partial charge in [0.2, 0.25) is 0 Å². The van der Waals surface area contributed by atoms with Gasteiger partial charge in [0.05, 0.1) is 25.3 Å². The molecule has 9 nitrogen and oxygen atoms in total. The molecular formula is C20H22N4O5. The molecule has 0 atom stereocenters. The molecule has 152 valence electrons. The molecule has 1 saturated heterocycles. The molecule has 0 unspecified atom stereocenters. The third-order valence-electron chi connectivity index (χ3n) is 4.57. The number of anilines is 2. The fourth-order valence-corrected chi connectivity index (χ4v) is 3.05. The summed E-state index contributed by atoms with van der Waals surface area (Å²) < 4.78 is 9.42. The third-order valence-corrected chi connectivity index (χ3v) is 4.57. The molecular weight excluding hydrogens is 376 g/mol. The van der Waals surface area contributed by atoms with E-state index in [4.69, 9.17) is 9.47 Å². The summed E-state index contributed by atoms with van der Waals surface area (Å²) in [6, 6.07) is 9.68. The van der Waals surface area contributed by atoms with E-state index in [1.165, 1.54) is 32.4 Å². The van der Waals surface area contributed by atoms with Gasteiger partial charge in [-0.05, 0) is 30.3 Å². The van der Waals surface area contributed by atoms with E-state index in [1.807, 2.05) is 18.2 Å². The molecule has 3 rings (SSSR count). The van der Waals surface area contributed by atoms with E-state index in [9.17, 15) is 14.4 Å². The van der Waals surface area contributed by atoms with Crippen LogP contribution < -0.4 is 10.2 Å². The predicted molar refractivity (Wildman–Crippen MR) is 106 cm³/mol. The van der Waals surface area contributed by atoms with E-state index in [2.05, 4.69) is 15.2 Å². The lowest BCUT2D eigenvalue weighted by molar-refractivity contribution is 0.0599. The van der Waals surface area contributed by atoms with Gasteiger partial charge in [-0.1, -0.05) is 6.07 Å². The number of nitrogens with one attached hydrogen (secondary N) is 1. The predicted octanol–water partition coefficient (Wildman–Crippen LogP) is 2.01. The smallest absolute Gasteiger partial charge is 0.337 e. The maximum Gasteiger partial charge on any atom is 0.337 e. The summed E-state index contributed by atoms with van der Waals surface area (Å²) in [4.78, 5) is 44.5. The summed E-state index contributed by atoms with van der Waals surface area (Å²) in [5, 5.41) is 2.74. The van der Waals surface area contributed by atoms with Gasteiger partial charge in [0.15, 0.2) is 0 Å². The second-order valence-electron chi connectivity index (χ2n) is 6.37. The molecule has 0 bridgehead atoms. The lowest BCUT2D eigenvalue weighted by atomic mass is 10.1. The van der Waals surface area contributed by atoms with Crippen LogP contribution in [-0.4, -0.2) is 68.3 Å². The first-order chi connectivity index (χ1) is 14.0. The van der Waals surface area contributed by atoms with Crippen LogP contribution in [-0.2, 0) is 9.47 Å². The first kappa shape index (κ1) is 20.1. The molecule has 29 heavy (non-hydrogen) atoms. The lowest BCUT2D eigenvalue weighted by Gasteiger charge is -2.35. The number of carbonyl (C=O) groups is 3. The van der Waals surface area contributed by atoms with Crippen molar-refractivity contribution in [2.75, 3.05) is 50.6 Å². The molecule has 0 radical (unpaired) electrons. The molecule has 1 aromatic carbocycles. The summed E-state index contributed by atoms with van der Waals surface area (Å²) in [5.41, 5.74) is 0.599. The standard InChI is InChI=1S/C20H22N4O5/c1-28-18(25)14-11-15(19(26)29-2)13-16(12-14)22-20(27)24-9-7-23(8-10-24)17-5-3-4-6-21-17/h3-6,11-13H,7-10H2,1-2H3,(H,22,27). The SMILES string of the molecule is COC(=O)c1cc(NC(=O)N2CCN(c3ccccn3)CC2)cc(C(=O)OC)c1. The zero-order valence-corrected chi connectivity index (χ0v) is 16.3. The van der Waals surface area contributed by atoms with Crippen molar-refractivity contribution in [3.05, 3.63) is 53.7 Å². The first-order valence-corrected chi connectivity index (χ1v) is 9.05. The fraction of sp³-hybridized carbons (Fsp3) is 0.300. The van der Waals surface area contributed by atoms with Crippen LogP contribution in [0.15, 0.2) is 42.6 Å². The van der Waals surface area contributed by atoms with E-state index in [1.54, 1.807) is 11.1 Å². The quantitative estimate of drug-likeness (QED) is 0.786. The third kappa shape index (κ3) is 4.81. The van der Waals surface area contributed by atoms with Crippen molar-refractivity contribution in [3.63, 3.8) is 0 Å². The zero-order chi connectivity index (χ0) is 20.8. The molecule has 1 aromatic heterocycles. The summed E-state index contributed by atoms with van der Waals surface area (Å²) in [7, 11) is 2.49. The number of hydrogen-bond donors (Lipinski definition) is 1. The van der Waals surface area contributed by atoms with E-state index in [0.717, 1.165) is 5.82 Å². The molecule has 2 heterocycles. The number of pyridine rings is 1. The Morgan fingerprint density at radius 3 is 2.07 bits per heavy atom. The molecule has 0 spiro atoms.